The first-order chi connectivity index (χ1) is 30.6. The maximum absolute atomic E-state index is 13.8. The summed E-state index contributed by atoms with van der Waals surface area (Å²) < 4.78 is 14.3. The van der Waals surface area contributed by atoms with Gasteiger partial charge in [-0.15, -0.1) is 11.3 Å². The van der Waals surface area contributed by atoms with Crippen LogP contribution in [0.15, 0.2) is 182 Å². The van der Waals surface area contributed by atoms with Gasteiger partial charge >= 0.3 is 11.3 Å². The zero-order valence-electron chi connectivity index (χ0n) is 35.1. The van der Waals surface area contributed by atoms with Crippen LogP contribution in [0.5, 0.6) is 0 Å². The summed E-state index contributed by atoms with van der Waals surface area (Å²) in [7, 11) is 2.10. The lowest BCUT2D eigenvalue weighted by atomic mass is 9.85. The number of thiophene rings is 1. The van der Waals surface area contributed by atoms with E-state index in [1.54, 1.807) is 11.3 Å². The summed E-state index contributed by atoms with van der Waals surface area (Å²) in [6.45, 7) is 6.65. The Balaban J connectivity index is 0.924. The highest BCUT2D eigenvalue weighted by atomic mass is 32.1. The van der Waals surface area contributed by atoms with Crippen molar-refractivity contribution in [1.82, 2.24) is 4.57 Å². The molecule has 302 valence electrons. The van der Waals surface area contributed by atoms with E-state index in [0.717, 1.165) is 96.9 Å². The second kappa shape index (κ2) is 13.7. The van der Waals surface area contributed by atoms with Crippen LogP contribution in [-0.4, -0.2) is 4.57 Å². The number of hydrogen-bond acceptors (Lipinski definition) is 5. The van der Waals surface area contributed by atoms with Crippen molar-refractivity contribution in [3.05, 3.63) is 190 Å². The van der Waals surface area contributed by atoms with Gasteiger partial charge < -0.3 is 13.4 Å². The van der Waals surface area contributed by atoms with E-state index in [-0.39, 0.29) is 16.7 Å². The first-order valence-electron chi connectivity index (χ1n) is 21.2. The normalized spacial score (nSPS) is 12.3. The highest BCUT2D eigenvalue weighted by molar-refractivity contribution is 7.18. The molecule has 0 bridgehead atoms. The molecule has 0 radical (unpaired) electrons. The highest BCUT2D eigenvalue weighted by Crippen LogP contribution is 2.41. The summed E-state index contributed by atoms with van der Waals surface area (Å²) in [4.78, 5) is 29.2. The minimum atomic E-state index is -0.362. The van der Waals surface area contributed by atoms with Crippen LogP contribution in [-0.2, 0) is 12.5 Å². The van der Waals surface area contributed by atoms with Gasteiger partial charge in [0.25, 0.3) is 0 Å². The molecule has 12 aromatic rings. The predicted octanol–water partition coefficient (Wildman–Crippen LogP) is 15.0. The first kappa shape index (κ1) is 37.2. The Morgan fingerprint density at radius 3 is 1.83 bits per heavy atom. The molecule has 0 amide bonds. The molecule has 0 saturated heterocycles. The molecule has 0 unspecified atom stereocenters. The fourth-order valence-electron chi connectivity index (χ4n) is 9.56. The third-order valence-electron chi connectivity index (χ3n) is 12.9. The van der Waals surface area contributed by atoms with E-state index >= 15 is 0 Å². The van der Waals surface area contributed by atoms with E-state index in [9.17, 15) is 9.59 Å². The largest absolute Gasteiger partial charge is 0.422 e. The number of benzene rings is 8. The third-order valence-corrected chi connectivity index (χ3v) is 14.1. The minimum Gasteiger partial charge on any atom is -0.422 e. The van der Waals surface area contributed by atoms with Gasteiger partial charge in [0.1, 0.15) is 11.2 Å². The molecule has 0 fully saturated rings. The zero-order chi connectivity index (χ0) is 42.7. The van der Waals surface area contributed by atoms with Crippen molar-refractivity contribution in [3.63, 3.8) is 0 Å². The van der Waals surface area contributed by atoms with Gasteiger partial charge in [0.2, 0.25) is 0 Å². The van der Waals surface area contributed by atoms with Crippen molar-refractivity contribution in [2.45, 2.75) is 26.2 Å². The molecule has 0 N–H and O–H groups in total. The van der Waals surface area contributed by atoms with Crippen molar-refractivity contribution in [2.24, 2.45) is 7.05 Å². The molecular formula is C57H39NO4S. The summed E-state index contributed by atoms with van der Waals surface area (Å²) in [5.41, 5.74) is 9.06. The van der Waals surface area contributed by atoms with Gasteiger partial charge in [-0.1, -0.05) is 124 Å². The lowest BCUT2D eigenvalue weighted by molar-refractivity contribution is 0.564. The third kappa shape index (κ3) is 5.89. The van der Waals surface area contributed by atoms with Crippen molar-refractivity contribution >= 4 is 87.4 Å². The Morgan fingerprint density at radius 2 is 1.06 bits per heavy atom. The van der Waals surface area contributed by atoms with Crippen molar-refractivity contribution < 1.29 is 8.83 Å². The molecular weight excluding hydrogens is 795 g/mol. The van der Waals surface area contributed by atoms with Gasteiger partial charge in [0.15, 0.2) is 0 Å². The number of rotatable bonds is 4. The number of fused-ring (bicyclic) bond motifs is 12. The van der Waals surface area contributed by atoms with E-state index in [4.69, 9.17) is 8.83 Å². The van der Waals surface area contributed by atoms with E-state index in [0.29, 0.717) is 22.3 Å². The maximum Gasteiger partial charge on any atom is 0.345 e. The highest BCUT2D eigenvalue weighted by Gasteiger charge is 2.19. The van der Waals surface area contributed by atoms with Crippen LogP contribution in [0.4, 0.5) is 0 Å². The molecule has 12 rings (SSSR count). The van der Waals surface area contributed by atoms with Gasteiger partial charge in [-0.25, -0.2) is 9.59 Å². The van der Waals surface area contributed by atoms with Crippen LogP contribution in [0.2, 0.25) is 0 Å². The number of aryl methyl sites for hydroxylation is 1. The fourth-order valence-corrected chi connectivity index (χ4v) is 10.6. The van der Waals surface area contributed by atoms with Crippen LogP contribution in [0, 0.1) is 0 Å². The quantitative estimate of drug-likeness (QED) is 0.131. The van der Waals surface area contributed by atoms with Crippen molar-refractivity contribution in [3.8, 4) is 43.1 Å². The summed E-state index contributed by atoms with van der Waals surface area (Å²) in [5.74, 6) is 0. The smallest absolute Gasteiger partial charge is 0.345 e. The van der Waals surface area contributed by atoms with Crippen LogP contribution >= 0.6 is 11.3 Å². The monoisotopic (exact) mass is 833 g/mol. The molecule has 8 aromatic carbocycles. The van der Waals surface area contributed by atoms with Gasteiger partial charge in [0, 0.05) is 54.8 Å². The molecule has 0 aliphatic heterocycles. The van der Waals surface area contributed by atoms with Crippen LogP contribution in [0.1, 0.15) is 26.3 Å². The summed E-state index contributed by atoms with van der Waals surface area (Å²) in [6, 6.07) is 56.4. The molecule has 0 saturated carbocycles. The molecule has 0 aliphatic carbocycles. The molecule has 0 aliphatic rings. The molecule has 63 heavy (non-hydrogen) atoms. The van der Waals surface area contributed by atoms with E-state index < -0.39 is 0 Å². The Labute approximate surface area is 365 Å². The van der Waals surface area contributed by atoms with Gasteiger partial charge in [-0.2, -0.15) is 0 Å². The lowest BCUT2D eigenvalue weighted by Gasteiger charge is -2.19. The Bertz CT molecular complexity index is 4020. The Hall–Kier alpha value is -7.54. The Kier molecular flexibility index (Phi) is 8.12. The molecule has 6 heteroatoms. The maximum atomic E-state index is 13.8. The number of nitrogens with zero attached hydrogens (tertiary/aromatic N) is 1. The zero-order valence-corrected chi connectivity index (χ0v) is 35.9. The van der Waals surface area contributed by atoms with Crippen molar-refractivity contribution in [1.29, 1.82) is 0 Å². The SMILES string of the molecule is Cn1c2ccc(-c3cccc(-c4cc5c6ccccc6c6ccccc6c5oc4=O)c3)cc2c2cc(-c3ccc(-c4cc5c(ccc6cc(C(C)(C)C)ccc65)oc4=O)s3)ccc21. The molecule has 4 aromatic heterocycles. The number of hydrogen-bond donors (Lipinski definition) is 0. The average Bonchev–Trinajstić information content (AvgIpc) is 3.90. The second-order valence-electron chi connectivity index (χ2n) is 17.7. The van der Waals surface area contributed by atoms with E-state index in [1.165, 1.54) is 5.56 Å². The molecule has 0 spiro atoms. The fraction of sp³-hybridized carbons (Fsp3) is 0.0877. The first-order valence-corrected chi connectivity index (χ1v) is 22.0. The van der Waals surface area contributed by atoms with E-state index in [2.05, 4.69) is 123 Å². The Morgan fingerprint density at radius 1 is 0.444 bits per heavy atom. The number of aromatic nitrogens is 1. The van der Waals surface area contributed by atoms with Crippen LogP contribution in [0.25, 0.3) is 119 Å². The van der Waals surface area contributed by atoms with Crippen LogP contribution < -0.4 is 11.3 Å². The van der Waals surface area contributed by atoms with Gasteiger partial charge in [-0.3, -0.25) is 0 Å². The standard InChI is InChI=1S/C57H39NO4S/c1-57(2,3)37-19-20-38-35(27-37)18-23-51-46(38)31-48(56(60)61-51)53-25-24-52(63-53)36-17-22-50-45(29-36)44-28-33(16-21-49(44)58(50)4)32-10-9-11-34(26-32)43-30-47-41-14-6-5-12-39(41)40-13-7-8-15-42(40)54(47)62-55(43)59/h5-31H,1-4H3. The summed E-state index contributed by atoms with van der Waals surface area (Å²) in [5, 5.41) is 10.5. The minimum absolute atomic E-state index is 0.0293. The molecule has 4 heterocycles. The van der Waals surface area contributed by atoms with Crippen LogP contribution in [0.3, 0.4) is 0 Å². The summed E-state index contributed by atoms with van der Waals surface area (Å²) >= 11 is 1.60. The average molecular weight is 834 g/mol. The van der Waals surface area contributed by atoms with Gasteiger partial charge in [-0.05, 0) is 121 Å². The molecule has 0 atom stereocenters. The van der Waals surface area contributed by atoms with Gasteiger partial charge in [0.05, 0.1) is 11.1 Å². The second-order valence-corrected chi connectivity index (χ2v) is 18.7. The van der Waals surface area contributed by atoms with E-state index in [1.807, 2.05) is 72.8 Å². The van der Waals surface area contributed by atoms with Crippen molar-refractivity contribution in [2.75, 3.05) is 0 Å². The predicted molar refractivity (Wildman–Crippen MR) is 263 cm³/mol. The molecule has 5 nitrogen and oxygen atoms in total. The summed E-state index contributed by atoms with van der Waals surface area (Å²) in [6.07, 6.45) is 0. The lowest BCUT2D eigenvalue weighted by Crippen LogP contribution is -2.10. The topological polar surface area (TPSA) is 65.3 Å².